The van der Waals surface area contributed by atoms with Crippen molar-refractivity contribution in [1.29, 1.82) is 5.26 Å². The van der Waals surface area contributed by atoms with Crippen molar-refractivity contribution in [2.24, 2.45) is 0 Å². The second-order valence-corrected chi connectivity index (χ2v) is 11.8. The Bertz CT molecular complexity index is 1470. The zero-order valence-corrected chi connectivity index (χ0v) is 22.7. The van der Waals surface area contributed by atoms with Gasteiger partial charge in [-0.3, -0.25) is 0 Å². The molecule has 7 rings (SSSR count). The summed E-state index contributed by atoms with van der Waals surface area (Å²) in [7, 11) is 4.25. The van der Waals surface area contributed by atoms with Crippen LogP contribution >= 0.6 is 0 Å². The lowest BCUT2D eigenvalue weighted by Gasteiger charge is -2.33. The van der Waals surface area contributed by atoms with E-state index >= 15 is 0 Å². The van der Waals surface area contributed by atoms with Crippen molar-refractivity contribution < 1.29 is 9.26 Å². The lowest BCUT2D eigenvalue weighted by Crippen LogP contribution is -2.31. The van der Waals surface area contributed by atoms with E-state index < -0.39 is 0 Å². The number of hydrogen-bond acceptors (Lipinski definition) is 9. The third-order valence-corrected chi connectivity index (χ3v) is 9.44. The molecule has 1 aliphatic heterocycles. The molecule has 1 aromatic carbocycles. The Morgan fingerprint density at radius 3 is 2.85 bits per heavy atom. The quantitative estimate of drug-likeness (QED) is 0.472. The summed E-state index contributed by atoms with van der Waals surface area (Å²) in [5, 5.41) is 14.6. The van der Waals surface area contributed by atoms with Crippen molar-refractivity contribution in [1.82, 2.24) is 20.0 Å². The molecular formula is C30H35N7O2. The lowest BCUT2D eigenvalue weighted by atomic mass is 9.68. The molecular weight excluding hydrogens is 490 g/mol. The van der Waals surface area contributed by atoms with Gasteiger partial charge in [-0.05, 0) is 88.6 Å². The molecule has 2 fully saturated rings. The largest absolute Gasteiger partial charge is 0.476 e. The summed E-state index contributed by atoms with van der Waals surface area (Å²) in [5.41, 5.74) is 10.9. The van der Waals surface area contributed by atoms with Gasteiger partial charge in [0, 0.05) is 36.4 Å². The Balaban J connectivity index is 1.29. The number of likely N-dealkylation sites (N-methyl/N-ethyl adjacent to an activating group) is 1. The summed E-state index contributed by atoms with van der Waals surface area (Å²) >= 11 is 0. The molecule has 1 spiro atoms. The molecule has 2 N–H and O–H groups in total. The van der Waals surface area contributed by atoms with Gasteiger partial charge in [0.1, 0.15) is 18.5 Å². The van der Waals surface area contributed by atoms with Gasteiger partial charge in [-0.15, -0.1) is 0 Å². The zero-order chi connectivity index (χ0) is 26.7. The van der Waals surface area contributed by atoms with Crippen LogP contribution in [0, 0.1) is 11.3 Å². The van der Waals surface area contributed by atoms with Crippen LogP contribution in [0.5, 0.6) is 5.88 Å². The Morgan fingerprint density at radius 1 is 1.21 bits per heavy atom. The molecule has 0 bridgehead atoms. The van der Waals surface area contributed by atoms with Crippen LogP contribution in [-0.2, 0) is 18.3 Å². The van der Waals surface area contributed by atoms with Gasteiger partial charge in [-0.1, -0.05) is 11.2 Å². The molecule has 1 saturated carbocycles. The Labute approximate surface area is 228 Å². The van der Waals surface area contributed by atoms with Crippen LogP contribution in [0.15, 0.2) is 22.7 Å². The number of nitriles is 1. The van der Waals surface area contributed by atoms with Crippen LogP contribution in [0.1, 0.15) is 73.0 Å². The van der Waals surface area contributed by atoms with Gasteiger partial charge in [0.25, 0.3) is 0 Å². The number of hydrogen-bond donors (Lipinski definition) is 1. The van der Waals surface area contributed by atoms with Crippen LogP contribution in [0.25, 0.3) is 11.5 Å². The maximum Gasteiger partial charge on any atom is 0.219 e. The fraction of sp³-hybridized carbons (Fsp3) is 0.533. The number of nitrogens with two attached hydrogens (primary N) is 1. The van der Waals surface area contributed by atoms with Gasteiger partial charge < -0.3 is 24.8 Å². The zero-order valence-electron chi connectivity index (χ0n) is 22.7. The molecule has 9 nitrogen and oxygen atoms in total. The Hall–Kier alpha value is -3.64. The number of likely N-dealkylation sites (tertiary alicyclic amines) is 1. The minimum atomic E-state index is -0.386. The van der Waals surface area contributed by atoms with Gasteiger partial charge in [-0.25, -0.2) is 4.98 Å². The lowest BCUT2D eigenvalue weighted by molar-refractivity contribution is 0.193. The molecule has 3 aromatic rings. The van der Waals surface area contributed by atoms with Crippen molar-refractivity contribution in [2.45, 2.75) is 75.3 Å². The highest BCUT2D eigenvalue weighted by Crippen LogP contribution is 2.54. The number of nitrogens with zero attached hydrogens (tertiary/aromatic N) is 6. The molecule has 3 heterocycles. The van der Waals surface area contributed by atoms with E-state index in [0.717, 1.165) is 67.8 Å². The second kappa shape index (κ2) is 9.23. The maximum atomic E-state index is 10.0. The number of anilines is 2. The average molecular weight is 526 g/mol. The van der Waals surface area contributed by atoms with E-state index in [9.17, 15) is 5.26 Å². The summed E-state index contributed by atoms with van der Waals surface area (Å²) in [5.74, 6) is 2.83. The molecule has 9 heteroatoms. The van der Waals surface area contributed by atoms with E-state index in [1.807, 2.05) is 12.1 Å². The molecule has 39 heavy (non-hydrogen) atoms. The summed E-state index contributed by atoms with van der Waals surface area (Å²) < 4.78 is 12.5. The van der Waals surface area contributed by atoms with Crippen molar-refractivity contribution in [3.8, 4) is 23.5 Å². The minimum Gasteiger partial charge on any atom is -0.476 e. The fourth-order valence-corrected chi connectivity index (χ4v) is 7.05. The first-order valence-corrected chi connectivity index (χ1v) is 14.2. The molecule has 3 aliphatic carbocycles. The highest BCUT2D eigenvalue weighted by Gasteiger charge is 2.49. The summed E-state index contributed by atoms with van der Waals surface area (Å²) in [6, 6.07) is 9.16. The van der Waals surface area contributed by atoms with Crippen LogP contribution in [0.4, 0.5) is 11.5 Å². The molecule has 0 radical (unpaired) electrons. The van der Waals surface area contributed by atoms with E-state index in [2.05, 4.69) is 41.2 Å². The van der Waals surface area contributed by atoms with Crippen molar-refractivity contribution in [2.75, 3.05) is 37.9 Å². The fourth-order valence-electron chi connectivity index (χ4n) is 7.05. The third kappa shape index (κ3) is 3.96. The van der Waals surface area contributed by atoms with Crippen LogP contribution in [0.2, 0.25) is 0 Å². The van der Waals surface area contributed by atoms with Crippen molar-refractivity contribution >= 4 is 11.5 Å². The molecule has 2 atom stereocenters. The monoisotopic (exact) mass is 525 g/mol. The molecule has 1 saturated heterocycles. The first kappa shape index (κ1) is 24.4. The molecule has 0 unspecified atom stereocenters. The van der Waals surface area contributed by atoms with Gasteiger partial charge in [-0.2, -0.15) is 10.2 Å². The predicted molar refractivity (Wildman–Crippen MR) is 148 cm³/mol. The number of aryl methyl sites for hydroxylation is 1. The van der Waals surface area contributed by atoms with Crippen LogP contribution < -0.4 is 15.4 Å². The van der Waals surface area contributed by atoms with Crippen LogP contribution in [0.3, 0.4) is 0 Å². The number of rotatable bonds is 6. The standard InChI is InChI=1S/C30H35N7O2/c1-36-14-4-5-20(36)17-38-25-15-24(37(2)19-8-9-19)33-29(34-25)27-21-6-3-12-30(28(21)39-35-27)13-11-18-7-10-23(32)22(16-31)26(18)30/h7,10,15,19-20H,3-6,8-9,11-14,17,32H2,1-2H3/t20-,30-/m0/s1. The van der Waals surface area contributed by atoms with E-state index in [0.29, 0.717) is 47.3 Å². The van der Waals surface area contributed by atoms with Gasteiger partial charge in [0.15, 0.2) is 17.3 Å². The SMILES string of the molecule is CN(c1cc(OC[C@@H]2CCCN2C)nc(-c2noc3c2CCC[C@@]32CCc3ccc(N)c(C#N)c32)n1)C1CC1. The summed E-state index contributed by atoms with van der Waals surface area (Å²) in [4.78, 5) is 14.4. The number of ether oxygens (including phenoxy) is 1. The minimum absolute atomic E-state index is 0.386. The normalized spacial score (nSPS) is 24.0. The van der Waals surface area contributed by atoms with Crippen molar-refractivity contribution in [3.63, 3.8) is 0 Å². The Kier molecular flexibility index (Phi) is 5.78. The van der Waals surface area contributed by atoms with E-state index in [-0.39, 0.29) is 5.41 Å². The predicted octanol–water partition coefficient (Wildman–Crippen LogP) is 4.23. The first-order chi connectivity index (χ1) is 19.0. The number of benzene rings is 1. The smallest absolute Gasteiger partial charge is 0.219 e. The van der Waals surface area contributed by atoms with E-state index in [1.165, 1.54) is 24.8 Å². The first-order valence-electron chi connectivity index (χ1n) is 14.2. The van der Waals surface area contributed by atoms with E-state index in [1.54, 1.807) is 0 Å². The third-order valence-electron chi connectivity index (χ3n) is 9.44. The number of fused-ring (bicyclic) bond motifs is 4. The van der Waals surface area contributed by atoms with Gasteiger partial charge >= 0.3 is 0 Å². The molecule has 202 valence electrons. The van der Waals surface area contributed by atoms with Crippen molar-refractivity contribution in [3.05, 3.63) is 46.2 Å². The van der Waals surface area contributed by atoms with E-state index in [4.69, 9.17) is 25.0 Å². The highest BCUT2D eigenvalue weighted by atomic mass is 16.5. The summed E-state index contributed by atoms with van der Waals surface area (Å²) in [6.45, 7) is 1.71. The highest BCUT2D eigenvalue weighted by molar-refractivity contribution is 5.68. The van der Waals surface area contributed by atoms with Gasteiger partial charge in [0.2, 0.25) is 5.88 Å². The van der Waals surface area contributed by atoms with Gasteiger partial charge in [0.05, 0.1) is 11.0 Å². The maximum absolute atomic E-state index is 10.0. The summed E-state index contributed by atoms with van der Waals surface area (Å²) in [6.07, 6.45) is 9.18. The second-order valence-electron chi connectivity index (χ2n) is 11.8. The molecule has 2 aromatic heterocycles. The average Bonchev–Trinajstić information content (AvgIpc) is 3.41. The number of nitrogen functional groups attached to an aromatic ring is 1. The topological polar surface area (TPSA) is 117 Å². The molecule has 4 aliphatic rings. The number of aromatic nitrogens is 3. The Morgan fingerprint density at radius 2 is 2.08 bits per heavy atom. The van der Waals surface area contributed by atoms with Crippen LogP contribution in [-0.4, -0.2) is 59.4 Å². The molecule has 0 amide bonds.